The maximum Gasteiger partial charge on any atom is -0.000506 e. The molecule has 1 fully saturated rings. The van der Waals surface area contributed by atoms with Crippen molar-refractivity contribution in [3.8, 4) is 0 Å². The highest BCUT2D eigenvalue weighted by Gasteiger charge is 2.16. The van der Waals surface area contributed by atoms with Crippen molar-refractivity contribution >= 4 is 0 Å². The Morgan fingerprint density at radius 2 is 2.00 bits per heavy atom. The van der Waals surface area contributed by atoms with E-state index in [1.54, 1.807) is 0 Å². The van der Waals surface area contributed by atoms with Gasteiger partial charge in [-0.15, -0.1) is 0 Å². The first-order valence-electron chi connectivity index (χ1n) is 5.02. The van der Waals surface area contributed by atoms with E-state index in [0.717, 1.165) is 5.92 Å². The van der Waals surface area contributed by atoms with Crippen LogP contribution in [0.25, 0.3) is 0 Å². The topological polar surface area (TPSA) is 12.0 Å². The van der Waals surface area contributed by atoms with E-state index in [4.69, 9.17) is 0 Å². The number of aryl methyl sites for hydroxylation is 2. The lowest BCUT2D eigenvalue weighted by Gasteiger charge is -2.27. The molecule has 1 heterocycles. The molecule has 1 N–H and O–H groups in total. The molecule has 0 amide bonds. The summed E-state index contributed by atoms with van der Waals surface area (Å²) in [6.45, 7) is 6.77. The summed E-state index contributed by atoms with van der Waals surface area (Å²) in [4.78, 5) is 0. The summed E-state index contributed by atoms with van der Waals surface area (Å²) in [5, 5.41) is 3.31. The summed E-state index contributed by atoms with van der Waals surface area (Å²) < 4.78 is 0. The second-order valence-corrected chi connectivity index (χ2v) is 4.15. The second kappa shape index (κ2) is 3.51. The van der Waals surface area contributed by atoms with Crippen LogP contribution < -0.4 is 5.32 Å². The van der Waals surface area contributed by atoms with Gasteiger partial charge in [-0.05, 0) is 56.0 Å². The van der Waals surface area contributed by atoms with Crippen LogP contribution in [0, 0.1) is 19.8 Å². The van der Waals surface area contributed by atoms with E-state index in [2.05, 4.69) is 37.4 Å². The van der Waals surface area contributed by atoms with Gasteiger partial charge >= 0.3 is 0 Å². The van der Waals surface area contributed by atoms with Crippen LogP contribution in [-0.2, 0) is 6.42 Å². The smallest absolute Gasteiger partial charge is 0.000506 e. The lowest BCUT2D eigenvalue weighted by Crippen LogP contribution is -2.43. The third-order valence-corrected chi connectivity index (χ3v) is 2.96. The Morgan fingerprint density at radius 3 is 2.54 bits per heavy atom. The van der Waals surface area contributed by atoms with E-state index in [1.165, 1.54) is 36.2 Å². The van der Waals surface area contributed by atoms with Gasteiger partial charge in [-0.3, -0.25) is 0 Å². The van der Waals surface area contributed by atoms with Crippen LogP contribution in [0.4, 0.5) is 0 Å². The van der Waals surface area contributed by atoms with E-state index in [-0.39, 0.29) is 0 Å². The minimum Gasteiger partial charge on any atom is -0.316 e. The molecule has 1 heteroatoms. The predicted octanol–water partition coefficient (Wildman–Crippen LogP) is 2.07. The zero-order chi connectivity index (χ0) is 9.26. The number of rotatable bonds is 2. The third-order valence-electron chi connectivity index (χ3n) is 2.96. The second-order valence-electron chi connectivity index (χ2n) is 4.15. The van der Waals surface area contributed by atoms with Gasteiger partial charge in [-0.25, -0.2) is 0 Å². The minimum atomic E-state index is 0.877. The molecule has 0 spiro atoms. The molecule has 0 radical (unpaired) electrons. The highest BCUT2D eigenvalue weighted by Crippen LogP contribution is 2.15. The van der Waals surface area contributed by atoms with E-state index in [1.807, 2.05) is 0 Å². The number of nitrogens with one attached hydrogen (secondary N) is 1. The molecule has 1 aromatic carbocycles. The van der Waals surface area contributed by atoms with Crippen molar-refractivity contribution in [1.29, 1.82) is 0 Å². The van der Waals surface area contributed by atoms with Gasteiger partial charge in [0.25, 0.3) is 0 Å². The highest BCUT2D eigenvalue weighted by atomic mass is 14.9. The molecule has 0 aliphatic carbocycles. The highest BCUT2D eigenvalue weighted by molar-refractivity contribution is 5.30. The zero-order valence-corrected chi connectivity index (χ0v) is 8.43. The van der Waals surface area contributed by atoms with Crippen LogP contribution >= 0.6 is 0 Å². The molecule has 1 aromatic rings. The van der Waals surface area contributed by atoms with Crippen LogP contribution in [-0.4, -0.2) is 13.1 Å². The third kappa shape index (κ3) is 1.92. The van der Waals surface area contributed by atoms with E-state index in [9.17, 15) is 0 Å². The Kier molecular flexibility index (Phi) is 2.36. The Hall–Kier alpha value is -0.820. The average molecular weight is 175 g/mol. The van der Waals surface area contributed by atoms with Gasteiger partial charge in [0.15, 0.2) is 0 Å². The van der Waals surface area contributed by atoms with Crippen molar-refractivity contribution in [3.63, 3.8) is 0 Å². The molecule has 1 nitrogen and oxygen atoms in total. The summed E-state index contributed by atoms with van der Waals surface area (Å²) in [7, 11) is 0. The Labute approximate surface area is 80.2 Å². The lowest BCUT2D eigenvalue weighted by atomic mass is 9.93. The lowest BCUT2D eigenvalue weighted by molar-refractivity contribution is 0.346. The fraction of sp³-hybridized carbons (Fsp3) is 0.500. The van der Waals surface area contributed by atoms with Crippen molar-refractivity contribution in [2.45, 2.75) is 20.3 Å². The average Bonchev–Trinajstić information content (AvgIpc) is 2.04. The van der Waals surface area contributed by atoms with Crippen LogP contribution in [0.15, 0.2) is 18.2 Å². The van der Waals surface area contributed by atoms with Crippen molar-refractivity contribution in [2.75, 3.05) is 13.1 Å². The van der Waals surface area contributed by atoms with Gasteiger partial charge in [0, 0.05) is 0 Å². The van der Waals surface area contributed by atoms with Gasteiger partial charge in [0.05, 0.1) is 0 Å². The monoisotopic (exact) mass is 175 g/mol. The maximum absolute atomic E-state index is 3.31. The molecule has 70 valence electrons. The van der Waals surface area contributed by atoms with Gasteiger partial charge in [-0.1, -0.05) is 18.2 Å². The first kappa shape index (κ1) is 8.76. The van der Waals surface area contributed by atoms with Crippen molar-refractivity contribution in [1.82, 2.24) is 5.32 Å². The van der Waals surface area contributed by atoms with E-state index < -0.39 is 0 Å². The summed E-state index contributed by atoms with van der Waals surface area (Å²) in [6.07, 6.45) is 1.24. The van der Waals surface area contributed by atoms with Gasteiger partial charge in [0.2, 0.25) is 0 Å². The fourth-order valence-electron chi connectivity index (χ4n) is 1.76. The predicted molar refractivity (Wildman–Crippen MR) is 56.0 cm³/mol. The first-order valence-corrected chi connectivity index (χ1v) is 5.02. The Balaban J connectivity index is 2.07. The quantitative estimate of drug-likeness (QED) is 0.725. The minimum absolute atomic E-state index is 0.877. The molecule has 1 saturated heterocycles. The standard InChI is InChI=1S/C12H17N/c1-9-3-4-11(5-10(9)2)6-12-7-13-8-12/h3-5,12-13H,6-8H2,1-2H3. The summed E-state index contributed by atoms with van der Waals surface area (Å²) in [6, 6.07) is 6.82. The first-order chi connectivity index (χ1) is 6.25. The van der Waals surface area contributed by atoms with E-state index >= 15 is 0 Å². The molecular formula is C12H17N. The maximum atomic E-state index is 3.31. The van der Waals surface area contributed by atoms with Gasteiger partial charge < -0.3 is 5.32 Å². The summed E-state index contributed by atoms with van der Waals surface area (Å²) in [5.41, 5.74) is 4.31. The SMILES string of the molecule is Cc1ccc(CC2CNC2)cc1C. The number of hydrogen-bond acceptors (Lipinski definition) is 1. The van der Waals surface area contributed by atoms with Gasteiger partial charge in [-0.2, -0.15) is 0 Å². The molecule has 13 heavy (non-hydrogen) atoms. The normalized spacial score (nSPS) is 17.1. The van der Waals surface area contributed by atoms with Crippen LogP contribution in [0.3, 0.4) is 0 Å². The van der Waals surface area contributed by atoms with Crippen molar-refractivity contribution in [3.05, 3.63) is 34.9 Å². The fourth-order valence-corrected chi connectivity index (χ4v) is 1.76. The molecule has 2 rings (SSSR count). The summed E-state index contributed by atoms with van der Waals surface area (Å²) in [5.74, 6) is 0.877. The summed E-state index contributed by atoms with van der Waals surface area (Å²) >= 11 is 0. The number of benzene rings is 1. The van der Waals surface area contributed by atoms with Crippen LogP contribution in [0.1, 0.15) is 16.7 Å². The number of hydrogen-bond donors (Lipinski definition) is 1. The molecule has 0 atom stereocenters. The molecule has 1 aliphatic heterocycles. The largest absolute Gasteiger partial charge is 0.316 e. The van der Waals surface area contributed by atoms with Gasteiger partial charge in [0.1, 0.15) is 0 Å². The van der Waals surface area contributed by atoms with Crippen LogP contribution in [0.5, 0.6) is 0 Å². The van der Waals surface area contributed by atoms with E-state index in [0.29, 0.717) is 0 Å². The zero-order valence-electron chi connectivity index (χ0n) is 8.43. The van der Waals surface area contributed by atoms with Crippen molar-refractivity contribution in [2.24, 2.45) is 5.92 Å². The van der Waals surface area contributed by atoms with Crippen LogP contribution in [0.2, 0.25) is 0 Å². The van der Waals surface area contributed by atoms with Crippen molar-refractivity contribution < 1.29 is 0 Å². The molecule has 0 aromatic heterocycles. The molecule has 0 unspecified atom stereocenters. The molecule has 1 aliphatic rings. The Bertz CT molecular complexity index is 300. The molecular weight excluding hydrogens is 158 g/mol. The molecule has 0 bridgehead atoms. The Morgan fingerprint density at radius 1 is 1.23 bits per heavy atom. The molecule has 0 saturated carbocycles.